The lowest BCUT2D eigenvalue weighted by Gasteiger charge is -2.31. The Hall–Kier alpha value is -7.71. The van der Waals surface area contributed by atoms with Crippen molar-refractivity contribution >= 4 is 62.3 Å². The zero-order chi connectivity index (χ0) is 52.2. The standard InChI is InChI=1S/C31H28N2O5.C31H28N2O4/c1-18-16-21(9-10-22(18)19(2)34)37-15-14-31-13-12-30(3,38-31)26-27(31)29(36)33(28(26)35)25-11-8-20(17-32)23-6-4-5-7-24(23)25;1-30-13-14-31(37-30,15-16-36-22-11-9-19-5-4-6-20(19)17-22)27-26(30)28(34)33(29(27)35)25-12-10-21(18-32)23-7-2-3-8-24(23)25/h4-11,16,26-27H,12-15H2,1-3H3;2-3,7-12,17,26-27H,4-6,13-16H2,1H3/t2*26-,27+,30-,31-/m11/s1. The molecule has 13 nitrogen and oxygen atoms in total. The van der Waals surface area contributed by atoms with Gasteiger partial charge in [0, 0.05) is 39.9 Å². The molecule has 6 saturated heterocycles. The van der Waals surface area contributed by atoms with Crippen molar-refractivity contribution in [3.8, 4) is 23.6 Å². The average molecular weight is 1000 g/mol. The number of benzene rings is 6. The minimum atomic E-state index is -0.780. The van der Waals surface area contributed by atoms with Crippen LogP contribution in [-0.4, -0.2) is 65.0 Å². The summed E-state index contributed by atoms with van der Waals surface area (Å²) < 4.78 is 25.3. The van der Waals surface area contributed by atoms with Crippen LogP contribution in [0.25, 0.3) is 21.5 Å². The van der Waals surface area contributed by atoms with Crippen molar-refractivity contribution in [2.24, 2.45) is 23.7 Å². The van der Waals surface area contributed by atoms with Crippen LogP contribution in [0.5, 0.6) is 11.5 Å². The molecule has 0 saturated carbocycles. The van der Waals surface area contributed by atoms with Crippen LogP contribution >= 0.6 is 0 Å². The Labute approximate surface area is 434 Å². The Morgan fingerprint density at radius 1 is 0.587 bits per heavy atom. The number of imide groups is 2. The summed E-state index contributed by atoms with van der Waals surface area (Å²) in [6.45, 7) is 8.08. The molecule has 13 rings (SSSR count). The van der Waals surface area contributed by atoms with E-state index in [-0.39, 0.29) is 29.4 Å². The number of nitrogens with zero attached hydrogens (tertiary/aromatic N) is 4. The summed E-state index contributed by atoms with van der Waals surface area (Å²) in [5.41, 5.74) is 3.50. The number of fused-ring (bicyclic) bond motifs is 13. The summed E-state index contributed by atoms with van der Waals surface area (Å²) in [4.78, 5) is 70.2. The van der Waals surface area contributed by atoms with E-state index in [2.05, 4.69) is 24.3 Å². The van der Waals surface area contributed by atoms with Crippen LogP contribution in [0.2, 0.25) is 0 Å². The van der Waals surface area contributed by atoms with Gasteiger partial charge >= 0.3 is 0 Å². The molecule has 6 fully saturated rings. The third kappa shape index (κ3) is 7.41. The zero-order valence-corrected chi connectivity index (χ0v) is 42.4. The second-order valence-corrected chi connectivity index (χ2v) is 22.0. The van der Waals surface area contributed by atoms with E-state index in [4.69, 9.17) is 18.9 Å². The third-order valence-electron chi connectivity index (χ3n) is 17.8. The fraction of sp³-hybridized carbons (Fsp3) is 0.371. The molecule has 6 aromatic carbocycles. The first-order valence-electron chi connectivity index (χ1n) is 26.1. The van der Waals surface area contributed by atoms with E-state index in [0.29, 0.717) is 83.5 Å². The zero-order valence-electron chi connectivity index (χ0n) is 42.4. The van der Waals surface area contributed by atoms with E-state index in [1.54, 1.807) is 36.4 Å². The van der Waals surface area contributed by atoms with E-state index in [0.717, 1.165) is 47.8 Å². The van der Waals surface area contributed by atoms with Crippen molar-refractivity contribution in [3.05, 3.63) is 143 Å². The van der Waals surface area contributed by atoms with Crippen molar-refractivity contribution in [2.45, 2.75) is 108 Å². The third-order valence-corrected chi connectivity index (χ3v) is 17.8. The molecule has 6 heterocycles. The molecular formula is C62H56N4O9. The molecule has 6 aliphatic heterocycles. The van der Waals surface area contributed by atoms with Gasteiger partial charge in [0.1, 0.15) is 11.5 Å². The summed E-state index contributed by atoms with van der Waals surface area (Å²) in [6.07, 6.45) is 7.30. The first-order valence-corrected chi connectivity index (χ1v) is 26.1. The second-order valence-electron chi connectivity index (χ2n) is 22.0. The number of rotatable bonds is 11. The highest BCUT2D eigenvalue weighted by atomic mass is 16.6. The number of nitriles is 2. The molecule has 378 valence electrons. The van der Waals surface area contributed by atoms with Crippen LogP contribution in [0.4, 0.5) is 11.4 Å². The molecule has 75 heavy (non-hydrogen) atoms. The van der Waals surface area contributed by atoms with Crippen molar-refractivity contribution in [1.82, 2.24) is 0 Å². The van der Waals surface area contributed by atoms with Gasteiger partial charge < -0.3 is 18.9 Å². The number of amides is 4. The molecule has 0 N–H and O–H groups in total. The maximum absolute atomic E-state index is 14.0. The van der Waals surface area contributed by atoms with Gasteiger partial charge in [-0.2, -0.15) is 10.5 Å². The monoisotopic (exact) mass is 1000 g/mol. The summed E-state index contributed by atoms with van der Waals surface area (Å²) in [5, 5.41) is 22.0. The van der Waals surface area contributed by atoms with Crippen LogP contribution in [0.15, 0.2) is 109 Å². The van der Waals surface area contributed by atoms with Gasteiger partial charge in [0.2, 0.25) is 23.6 Å². The predicted octanol–water partition coefficient (Wildman–Crippen LogP) is 10.2. The normalized spacial score (nSPS) is 28.6. The van der Waals surface area contributed by atoms with Crippen molar-refractivity contribution < 1.29 is 42.9 Å². The largest absolute Gasteiger partial charge is 0.493 e. The fourth-order valence-corrected chi connectivity index (χ4v) is 14.3. The maximum atomic E-state index is 14.0. The molecular weight excluding hydrogens is 945 g/mol. The van der Waals surface area contributed by atoms with Gasteiger partial charge in [-0.15, -0.1) is 0 Å². The van der Waals surface area contributed by atoms with Crippen LogP contribution in [0.3, 0.4) is 0 Å². The highest BCUT2D eigenvalue weighted by Gasteiger charge is 2.75. The SMILES string of the molecule is CC(=O)c1ccc(OCC[C@@]23CC[C@@](C)(O2)[C@H]2C(=O)N(c4ccc(C#N)c5ccccc45)C(=O)[C@H]23)cc1C.C[C@]12CC[C@](CCOc3ccc4c(c3)CCC4)(O1)[C@@H]1C(=O)N(c3ccc(C#N)c4ccccc34)C(=O)[C@@H]12. The second kappa shape index (κ2) is 17.7. The van der Waals surface area contributed by atoms with E-state index >= 15 is 0 Å². The number of aryl methyl sites for hydroxylation is 3. The Bertz CT molecular complexity index is 3560. The topological polar surface area (TPSA) is 176 Å². The van der Waals surface area contributed by atoms with Crippen LogP contribution < -0.4 is 19.3 Å². The van der Waals surface area contributed by atoms with Crippen LogP contribution in [0.1, 0.15) is 104 Å². The summed E-state index contributed by atoms with van der Waals surface area (Å²) in [5.74, 6) is -1.57. The van der Waals surface area contributed by atoms with Gasteiger partial charge in [-0.3, -0.25) is 24.0 Å². The number of hydrogen-bond acceptors (Lipinski definition) is 11. The van der Waals surface area contributed by atoms with E-state index in [1.807, 2.05) is 81.4 Å². The molecule has 0 aromatic heterocycles. The molecule has 7 aliphatic rings. The number of ether oxygens (including phenoxy) is 4. The van der Waals surface area contributed by atoms with Gasteiger partial charge in [-0.05, 0) is 144 Å². The number of ketones is 1. The smallest absolute Gasteiger partial charge is 0.240 e. The van der Waals surface area contributed by atoms with E-state index in [1.165, 1.54) is 34.3 Å². The Morgan fingerprint density at radius 3 is 1.52 bits per heavy atom. The number of carbonyl (C=O) groups excluding carboxylic acids is 5. The first-order chi connectivity index (χ1) is 36.1. The molecule has 8 atom stereocenters. The lowest BCUT2D eigenvalue weighted by atomic mass is 9.67. The minimum absolute atomic E-state index is 0.00702. The highest BCUT2D eigenvalue weighted by molar-refractivity contribution is 6.27. The Kier molecular flexibility index (Phi) is 11.4. The van der Waals surface area contributed by atoms with Gasteiger partial charge in [-0.25, -0.2) is 9.80 Å². The number of hydrogen-bond donors (Lipinski definition) is 0. The molecule has 13 heteroatoms. The number of anilines is 2. The van der Waals surface area contributed by atoms with Crippen molar-refractivity contribution in [2.75, 3.05) is 23.0 Å². The maximum Gasteiger partial charge on any atom is 0.240 e. The number of carbonyl (C=O) groups is 5. The molecule has 0 unspecified atom stereocenters. The highest BCUT2D eigenvalue weighted by Crippen LogP contribution is 2.64. The quantitative estimate of drug-likeness (QED) is 0.0892. The molecule has 0 radical (unpaired) electrons. The molecule has 1 aliphatic carbocycles. The predicted molar refractivity (Wildman–Crippen MR) is 279 cm³/mol. The molecule has 4 amide bonds. The molecule has 6 aromatic rings. The first kappa shape index (κ1) is 48.2. The van der Waals surface area contributed by atoms with Crippen LogP contribution in [-0.2, 0) is 41.5 Å². The Balaban J connectivity index is 0.000000152. The van der Waals surface area contributed by atoms with E-state index in [9.17, 15) is 34.5 Å². The average Bonchev–Trinajstić information content (AvgIpc) is 4.30. The summed E-state index contributed by atoms with van der Waals surface area (Å²) in [6, 6.07) is 37.7. The van der Waals surface area contributed by atoms with Crippen molar-refractivity contribution in [3.63, 3.8) is 0 Å². The fourth-order valence-electron chi connectivity index (χ4n) is 14.3. The summed E-state index contributed by atoms with van der Waals surface area (Å²) >= 11 is 0. The minimum Gasteiger partial charge on any atom is -0.493 e. The van der Waals surface area contributed by atoms with Gasteiger partial charge in [0.25, 0.3) is 0 Å². The molecule has 0 spiro atoms. The lowest BCUT2D eigenvalue weighted by Crippen LogP contribution is -2.43. The lowest BCUT2D eigenvalue weighted by molar-refractivity contribution is -0.133. The Morgan fingerprint density at radius 2 is 1.04 bits per heavy atom. The number of Topliss-reactive ketones (excluding diaryl/α,β-unsaturated/α-hetero) is 1. The summed E-state index contributed by atoms with van der Waals surface area (Å²) in [7, 11) is 0. The van der Waals surface area contributed by atoms with E-state index < -0.39 is 46.1 Å². The van der Waals surface area contributed by atoms with Crippen LogP contribution in [0, 0.1) is 53.3 Å². The van der Waals surface area contributed by atoms with Gasteiger partial charge in [0.15, 0.2) is 5.78 Å². The molecule has 4 bridgehead atoms. The van der Waals surface area contributed by atoms with Crippen molar-refractivity contribution in [1.29, 1.82) is 10.5 Å². The van der Waals surface area contributed by atoms with Gasteiger partial charge in [0.05, 0.1) is 93.9 Å². The van der Waals surface area contributed by atoms with Gasteiger partial charge in [-0.1, -0.05) is 54.6 Å².